The largest absolute Gasteiger partial charge is 0.489 e. The fraction of sp³-hybridized carbons (Fsp3) is 0.267. The molecule has 5 rings (SSSR count). The molecule has 36 heavy (non-hydrogen) atoms. The Bertz CT molecular complexity index is 1370. The third-order valence-corrected chi connectivity index (χ3v) is 6.70. The Balaban J connectivity index is 1.27. The van der Waals surface area contributed by atoms with E-state index in [9.17, 15) is 9.18 Å². The number of nitrogens with zero attached hydrogens (tertiary/aromatic N) is 2. The molecular formula is C30H30FN3O2. The molecule has 0 bridgehead atoms. The smallest absolute Gasteiger partial charge is 0.258 e. The van der Waals surface area contributed by atoms with E-state index in [0.717, 1.165) is 41.7 Å². The maximum Gasteiger partial charge on any atom is 0.258 e. The van der Waals surface area contributed by atoms with Gasteiger partial charge in [-0.05, 0) is 73.8 Å². The average Bonchev–Trinajstić information content (AvgIpc) is 2.90. The monoisotopic (exact) mass is 483 g/mol. The molecule has 0 unspecified atom stereocenters. The van der Waals surface area contributed by atoms with Crippen molar-refractivity contribution in [3.8, 4) is 5.75 Å². The highest BCUT2D eigenvalue weighted by Crippen LogP contribution is 2.27. The lowest BCUT2D eigenvalue weighted by atomic mass is 10.1. The van der Waals surface area contributed by atoms with Crippen molar-refractivity contribution >= 4 is 22.5 Å². The van der Waals surface area contributed by atoms with E-state index in [0.29, 0.717) is 18.0 Å². The quantitative estimate of drug-likeness (QED) is 0.326. The maximum absolute atomic E-state index is 14.8. The molecule has 3 aromatic carbocycles. The Morgan fingerprint density at radius 1 is 1.00 bits per heavy atom. The molecule has 0 spiro atoms. The number of likely N-dealkylation sites (tertiary alicyclic amines) is 1. The number of rotatable bonds is 7. The summed E-state index contributed by atoms with van der Waals surface area (Å²) in [5.41, 5.74) is 4.45. The van der Waals surface area contributed by atoms with Crippen LogP contribution in [0.3, 0.4) is 0 Å². The second-order valence-electron chi connectivity index (χ2n) is 9.36. The van der Waals surface area contributed by atoms with E-state index < -0.39 is 11.7 Å². The van der Waals surface area contributed by atoms with E-state index in [4.69, 9.17) is 9.72 Å². The van der Waals surface area contributed by atoms with E-state index in [1.165, 1.54) is 37.0 Å². The maximum atomic E-state index is 14.8. The number of carbonyl (C=O) groups is 1. The van der Waals surface area contributed by atoms with Crippen molar-refractivity contribution in [2.75, 3.05) is 18.4 Å². The van der Waals surface area contributed by atoms with Crippen LogP contribution >= 0.6 is 0 Å². The van der Waals surface area contributed by atoms with Gasteiger partial charge in [-0.15, -0.1) is 0 Å². The lowest BCUT2D eigenvalue weighted by Gasteiger charge is -2.26. The summed E-state index contributed by atoms with van der Waals surface area (Å²) in [5.74, 6) is -0.761. The summed E-state index contributed by atoms with van der Waals surface area (Å²) in [5, 5.41) is 3.88. The zero-order valence-electron chi connectivity index (χ0n) is 20.5. The molecule has 1 aromatic heterocycles. The number of pyridine rings is 1. The Morgan fingerprint density at radius 3 is 2.58 bits per heavy atom. The summed E-state index contributed by atoms with van der Waals surface area (Å²) in [6, 6.07) is 19.9. The zero-order valence-corrected chi connectivity index (χ0v) is 20.5. The molecule has 184 valence electrons. The van der Waals surface area contributed by atoms with Crippen LogP contribution in [0.5, 0.6) is 5.75 Å². The molecule has 0 aliphatic carbocycles. The molecule has 6 heteroatoms. The number of nitrogens with one attached hydrogen (secondary N) is 1. The lowest BCUT2D eigenvalue weighted by molar-refractivity contribution is 0.102. The molecule has 1 fully saturated rings. The van der Waals surface area contributed by atoms with Crippen LogP contribution in [0.2, 0.25) is 0 Å². The first-order valence-electron chi connectivity index (χ1n) is 12.4. The van der Waals surface area contributed by atoms with E-state index in [1.54, 1.807) is 6.07 Å². The number of halogens is 1. The van der Waals surface area contributed by atoms with Crippen molar-refractivity contribution < 1.29 is 13.9 Å². The molecule has 1 saturated heterocycles. The molecule has 1 aliphatic heterocycles. The molecule has 1 aliphatic rings. The van der Waals surface area contributed by atoms with Crippen LogP contribution < -0.4 is 10.1 Å². The third kappa shape index (κ3) is 5.55. The van der Waals surface area contributed by atoms with Gasteiger partial charge in [0.2, 0.25) is 0 Å². The Morgan fingerprint density at radius 2 is 1.81 bits per heavy atom. The molecular weight excluding hydrogens is 453 g/mol. The van der Waals surface area contributed by atoms with Gasteiger partial charge in [0.25, 0.3) is 5.91 Å². The number of piperidine rings is 1. The van der Waals surface area contributed by atoms with Crippen molar-refractivity contribution in [3.05, 3.63) is 101 Å². The standard InChI is InChI=1S/C30H30FN3O2/c1-21-28(13-10-24-16-23(18-32-29(21)24)19-34-14-6-3-7-15-34)33-30(35)26-12-11-25(17-27(26)31)36-20-22-8-4-2-5-9-22/h2,4-5,8-13,16-18H,3,6-7,14-15,19-20H2,1H3,(H,33,35). The normalized spacial score (nSPS) is 14.1. The van der Waals surface area contributed by atoms with Crippen LogP contribution in [0.15, 0.2) is 72.9 Å². The second kappa shape index (κ2) is 10.9. The van der Waals surface area contributed by atoms with Crippen LogP contribution in [0, 0.1) is 12.7 Å². The molecule has 0 atom stereocenters. The van der Waals surface area contributed by atoms with Gasteiger partial charge in [0.1, 0.15) is 18.2 Å². The van der Waals surface area contributed by atoms with E-state index >= 15 is 0 Å². The molecule has 5 nitrogen and oxygen atoms in total. The topological polar surface area (TPSA) is 54.5 Å². The predicted octanol–water partition coefficient (Wildman–Crippen LogP) is 6.50. The summed E-state index contributed by atoms with van der Waals surface area (Å²) in [6.45, 7) is 5.43. The van der Waals surface area contributed by atoms with Crippen LogP contribution in [-0.2, 0) is 13.2 Å². The van der Waals surface area contributed by atoms with Crippen LogP contribution in [0.4, 0.5) is 10.1 Å². The summed E-state index contributed by atoms with van der Waals surface area (Å²) < 4.78 is 20.4. The zero-order chi connectivity index (χ0) is 24.9. The van der Waals surface area contributed by atoms with E-state index in [-0.39, 0.29) is 5.56 Å². The highest BCUT2D eigenvalue weighted by Gasteiger charge is 2.16. The first-order chi connectivity index (χ1) is 17.6. The Hall–Kier alpha value is -3.77. The van der Waals surface area contributed by atoms with Crippen molar-refractivity contribution in [3.63, 3.8) is 0 Å². The number of hydrogen-bond acceptors (Lipinski definition) is 4. The van der Waals surface area contributed by atoms with Gasteiger partial charge in [0.05, 0.1) is 11.1 Å². The van der Waals surface area contributed by atoms with E-state index in [1.807, 2.05) is 55.6 Å². The number of anilines is 1. The van der Waals surface area contributed by atoms with Crippen molar-refractivity contribution in [2.24, 2.45) is 0 Å². The average molecular weight is 484 g/mol. The fourth-order valence-corrected chi connectivity index (χ4v) is 4.69. The number of amides is 1. The lowest BCUT2D eigenvalue weighted by Crippen LogP contribution is -2.29. The van der Waals surface area contributed by atoms with Gasteiger partial charge in [0.15, 0.2) is 0 Å². The summed E-state index contributed by atoms with van der Waals surface area (Å²) in [4.78, 5) is 20.0. The predicted molar refractivity (Wildman–Crippen MR) is 141 cm³/mol. The first-order valence-corrected chi connectivity index (χ1v) is 12.4. The van der Waals surface area contributed by atoms with Gasteiger partial charge in [-0.1, -0.05) is 42.8 Å². The first kappa shape index (κ1) is 23.9. The number of benzene rings is 3. The Kier molecular flexibility index (Phi) is 7.23. The van der Waals surface area contributed by atoms with Gasteiger partial charge in [-0.25, -0.2) is 4.39 Å². The minimum Gasteiger partial charge on any atom is -0.489 e. The summed E-state index contributed by atoms with van der Waals surface area (Å²) >= 11 is 0. The van der Waals surface area contributed by atoms with Crippen molar-refractivity contribution in [2.45, 2.75) is 39.3 Å². The fourth-order valence-electron chi connectivity index (χ4n) is 4.69. The molecule has 1 amide bonds. The summed E-state index contributed by atoms with van der Waals surface area (Å²) in [6.07, 6.45) is 5.75. The van der Waals surface area contributed by atoms with Gasteiger partial charge >= 0.3 is 0 Å². The number of aromatic nitrogens is 1. The van der Waals surface area contributed by atoms with Crippen LogP contribution in [0.1, 0.15) is 46.3 Å². The van der Waals surface area contributed by atoms with Crippen molar-refractivity contribution in [1.82, 2.24) is 9.88 Å². The van der Waals surface area contributed by atoms with Gasteiger partial charge in [0, 0.05) is 29.9 Å². The highest BCUT2D eigenvalue weighted by atomic mass is 19.1. The van der Waals surface area contributed by atoms with E-state index in [2.05, 4.69) is 16.3 Å². The molecule has 4 aromatic rings. The third-order valence-electron chi connectivity index (χ3n) is 6.70. The van der Waals surface area contributed by atoms with Gasteiger partial charge < -0.3 is 10.1 Å². The van der Waals surface area contributed by atoms with Gasteiger partial charge in [-0.2, -0.15) is 0 Å². The SMILES string of the molecule is Cc1c(NC(=O)c2ccc(OCc3ccccc3)cc2F)ccc2cc(CN3CCCCC3)cnc12. The highest BCUT2D eigenvalue weighted by molar-refractivity contribution is 6.06. The van der Waals surface area contributed by atoms with Crippen LogP contribution in [-0.4, -0.2) is 28.9 Å². The van der Waals surface area contributed by atoms with Crippen molar-refractivity contribution in [1.29, 1.82) is 0 Å². The molecule has 0 radical (unpaired) electrons. The number of ether oxygens (including phenoxy) is 1. The van der Waals surface area contributed by atoms with Gasteiger partial charge in [-0.3, -0.25) is 14.7 Å². The van der Waals surface area contributed by atoms with Crippen LogP contribution in [0.25, 0.3) is 10.9 Å². The molecule has 1 N–H and O–H groups in total. The Labute approximate surface area is 210 Å². The second-order valence-corrected chi connectivity index (χ2v) is 9.36. The molecule has 0 saturated carbocycles. The number of hydrogen-bond donors (Lipinski definition) is 1. The minimum absolute atomic E-state index is 0.0357. The number of fused-ring (bicyclic) bond motifs is 1. The number of carbonyl (C=O) groups excluding carboxylic acids is 1. The number of aryl methyl sites for hydroxylation is 1. The summed E-state index contributed by atoms with van der Waals surface area (Å²) in [7, 11) is 0. The minimum atomic E-state index is -0.628. The molecule has 2 heterocycles.